The molecule has 3 aromatic carbocycles. The van der Waals surface area contributed by atoms with Gasteiger partial charge in [0.25, 0.3) is 5.91 Å². The van der Waals surface area contributed by atoms with Crippen LogP contribution in [0.4, 0.5) is 11.4 Å². The van der Waals surface area contributed by atoms with E-state index in [-0.39, 0.29) is 11.4 Å². The zero-order valence-electron chi connectivity index (χ0n) is 24.4. The SMILES string of the molecule is CCCN1c2cc(C)c(/C=C3/SC(=Nc4ccccc4)N(Cc4ccc(OC)cc4)C3=O)cc2C(C)CC1(C)C. The number of methoxy groups -OCH3 is 1. The average molecular weight is 554 g/mol. The summed E-state index contributed by atoms with van der Waals surface area (Å²) < 4.78 is 5.31. The van der Waals surface area contributed by atoms with E-state index in [1.54, 1.807) is 12.0 Å². The summed E-state index contributed by atoms with van der Waals surface area (Å²) >= 11 is 1.45. The van der Waals surface area contributed by atoms with Crippen molar-refractivity contribution in [2.45, 2.75) is 65.5 Å². The molecule has 5 nitrogen and oxygen atoms in total. The number of rotatable bonds is 7. The molecular weight excluding hydrogens is 514 g/mol. The molecule has 1 fully saturated rings. The van der Waals surface area contributed by atoms with Crippen molar-refractivity contribution in [1.29, 1.82) is 0 Å². The normalized spacial score (nSPS) is 20.4. The number of amides is 1. The first-order valence-corrected chi connectivity index (χ1v) is 14.9. The van der Waals surface area contributed by atoms with Crippen LogP contribution in [0.5, 0.6) is 5.75 Å². The van der Waals surface area contributed by atoms with Gasteiger partial charge in [0.2, 0.25) is 0 Å². The second kappa shape index (κ2) is 11.5. The Balaban J connectivity index is 1.52. The van der Waals surface area contributed by atoms with Gasteiger partial charge in [0, 0.05) is 17.8 Å². The summed E-state index contributed by atoms with van der Waals surface area (Å²) in [5.74, 6) is 1.22. The first-order valence-electron chi connectivity index (χ1n) is 14.1. The Labute approximate surface area is 242 Å². The second-order valence-corrected chi connectivity index (χ2v) is 12.4. The number of amidine groups is 1. The molecule has 1 saturated heterocycles. The maximum Gasteiger partial charge on any atom is 0.267 e. The number of ether oxygens (including phenoxy) is 1. The third-order valence-electron chi connectivity index (χ3n) is 7.88. The van der Waals surface area contributed by atoms with Gasteiger partial charge in [0.15, 0.2) is 5.17 Å². The van der Waals surface area contributed by atoms with Crippen molar-refractivity contribution >= 4 is 40.3 Å². The van der Waals surface area contributed by atoms with Gasteiger partial charge in [-0.15, -0.1) is 0 Å². The van der Waals surface area contributed by atoms with Crippen molar-refractivity contribution in [2.24, 2.45) is 4.99 Å². The Bertz CT molecular complexity index is 1440. The van der Waals surface area contributed by atoms with Gasteiger partial charge in [-0.25, -0.2) is 4.99 Å². The van der Waals surface area contributed by atoms with Crippen LogP contribution in [0.2, 0.25) is 0 Å². The first-order chi connectivity index (χ1) is 19.2. The van der Waals surface area contributed by atoms with Crippen molar-refractivity contribution < 1.29 is 9.53 Å². The van der Waals surface area contributed by atoms with E-state index in [0.29, 0.717) is 22.5 Å². The lowest BCUT2D eigenvalue weighted by Crippen LogP contribution is -2.48. The zero-order valence-corrected chi connectivity index (χ0v) is 25.2. The lowest BCUT2D eigenvalue weighted by molar-refractivity contribution is -0.122. The Hall–Kier alpha value is -3.51. The number of hydrogen-bond acceptors (Lipinski definition) is 5. The van der Waals surface area contributed by atoms with E-state index in [0.717, 1.165) is 42.0 Å². The monoisotopic (exact) mass is 553 g/mol. The number of carbonyl (C=O) groups excluding carboxylic acids is 1. The molecule has 2 aliphatic heterocycles. The van der Waals surface area contributed by atoms with E-state index in [4.69, 9.17) is 9.73 Å². The van der Waals surface area contributed by atoms with Gasteiger partial charge in [-0.05, 0) is 116 Å². The Morgan fingerprint density at radius 3 is 2.50 bits per heavy atom. The van der Waals surface area contributed by atoms with E-state index < -0.39 is 0 Å². The molecule has 1 unspecified atom stereocenters. The van der Waals surface area contributed by atoms with Crippen molar-refractivity contribution in [1.82, 2.24) is 4.90 Å². The van der Waals surface area contributed by atoms with Crippen LogP contribution in [0.3, 0.4) is 0 Å². The minimum Gasteiger partial charge on any atom is -0.497 e. The molecule has 2 heterocycles. The van der Waals surface area contributed by atoms with Crippen molar-refractivity contribution in [3.05, 3.63) is 93.9 Å². The fourth-order valence-corrected chi connectivity index (χ4v) is 6.84. The molecule has 2 aliphatic rings. The molecule has 40 heavy (non-hydrogen) atoms. The van der Waals surface area contributed by atoms with Gasteiger partial charge < -0.3 is 9.64 Å². The van der Waals surface area contributed by atoms with E-state index in [9.17, 15) is 4.79 Å². The molecule has 1 atom stereocenters. The van der Waals surface area contributed by atoms with Crippen LogP contribution < -0.4 is 9.64 Å². The minimum absolute atomic E-state index is 0.0191. The number of benzene rings is 3. The summed E-state index contributed by atoms with van der Waals surface area (Å²) in [5, 5.41) is 0.693. The quantitative estimate of drug-likeness (QED) is 0.276. The van der Waals surface area contributed by atoms with Gasteiger partial charge in [-0.1, -0.05) is 44.2 Å². The summed E-state index contributed by atoms with van der Waals surface area (Å²) in [4.78, 5) is 23.8. The van der Waals surface area contributed by atoms with E-state index in [1.807, 2.05) is 54.6 Å². The van der Waals surface area contributed by atoms with Gasteiger partial charge in [0.1, 0.15) is 5.75 Å². The van der Waals surface area contributed by atoms with Gasteiger partial charge in [0.05, 0.1) is 24.2 Å². The molecule has 1 amide bonds. The molecule has 208 valence electrons. The summed E-state index contributed by atoms with van der Waals surface area (Å²) in [6.45, 7) is 12.9. The lowest BCUT2D eigenvalue weighted by Gasteiger charge is -2.48. The highest BCUT2D eigenvalue weighted by Gasteiger charge is 2.37. The average Bonchev–Trinajstić information content (AvgIpc) is 3.21. The molecule has 3 aromatic rings. The smallest absolute Gasteiger partial charge is 0.267 e. The van der Waals surface area contributed by atoms with E-state index in [2.05, 4.69) is 57.7 Å². The third-order valence-corrected chi connectivity index (χ3v) is 8.88. The van der Waals surface area contributed by atoms with E-state index >= 15 is 0 Å². The molecule has 0 bridgehead atoms. The number of carbonyl (C=O) groups is 1. The molecule has 5 rings (SSSR count). The molecule has 0 N–H and O–H groups in total. The number of aryl methyl sites for hydroxylation is 1. The van der Waals surface area contributed by atoms with Crippen LogP contribution in [0.15, 0.2) is 76.6 Å². The predicted octanol–water partition coefficient (Wildman–Crippen LogP) is 8.31. The molecule has 0 radical (unpaired) electrons. The van der Waals surface area contributed by atoms with Crippen LogP contribution in [-0.2, 0) is 11.3 Å². The number of anilines is 1. The van der Waals surface area contributed by atoms with Crippen LogP contribution in [0, 0.1) is 6.92 Å². The molecular formula is C34H39N3O2S. The zero-order chi connectivity index (χ0) is 28.4. The highest BCUT2D eigenvalue weighted by molar-refractivity contribution is 8.18. The Morgan fingerprint density at radius 2 is 1.82 bits per heavy atom. The Morgan fingerprint density at radius 1 is 1.10 bits per heavy atom. The van der Waals surface area contributed by atoms with Crippen LogP contribution >= 0.6 is 11.8 Å². The van der Waals surface area contributed by atoms with Crippen molar-refractivity contribution in [3.63, 3.8) is 0 Å². The Kier molecular flexibility index (Phi) is 8.09. The summed E-state index contributed by atoms with van der Waals surface area (Å²) in [5.41, 5.74) is 6.96. The molecule has 0 aromatic heterocycles. The summed E-state index contributed by atoms with van der Waals surface area (Å²) in [6, 6.07) is 22.3. The van der Waals surface area contributed by atoms with Crippen LogP contribution in [0.1, 0.15) is 68.7 Å². The number of fused-ring (bicyclic) bond motifs is 1. The summed E-state index contributed by atoms with van der Waals surface area (Å²) in [7, 11) is 1.66. The fourth-order valence-electron chi connectivity index (χ4n) is 5.85. The van der Waals surface area contributed by atoms with Crippen molar-refractivity contribution in [2.75, 3.05) is 18.6 Å². The molecule has 6 heteroatoms. The number of hydrogen-bond donors (Lipinski definition) is 0. The van der Waals surface area contributed by atoms with E-state index in [1.165, 1.54) is 28.6 Å². The number of nitrogens with zero attached hydrogens (tertiary/aromatic N) is 3. The van der Waals surface area contributed by atoms with Gasteiger partial charge in [-0.2, -0.15) is 0 Å². The molecule has 0 spiro atoms. The second-order valence-electron chi connectivity index (χ2n) is 11.4. The highest BCUT2D eigenvalue weighted by atomic mass is 32.2. The maximum atomic E-state index is 13.8. The summed E-state index contributed by atoms with van der Waals surface area (Å²) in [6.07, 6.45) is 4.28. The number of aliphatic imine (C=N–C) groups is 1. The van der Waals surface area contributed by atoms with Crippen molar-refractivity contribution in [3.8, 4) is 5.75 Å². The largest absolute Gasteiger partial charge is 0.497 e. The lowest BCUT2D eigenvalue weighted by atomic mass is 9.79. The minimum atomic E-state index is -0.0191. The molecule has 0 saturated carbocycles. The molecule has 0 aliphatic carbocycles. The van der Waals surface area contributed by atoms with Crippen LogP contribution in [0.25, 0.3) is 6.08 Å². The fraction of sp³-hybridized carbons (Fsp3) is 0.353. The van der Waals surface area contributed by atoms with Gasteiger partial charge in [-0.3, -0.25) is 9.69 Å². The topological polar surface area (TPSA) is 45.1 Å². The third kappa shape index (κ3) is 5.68. The van der Waals surface area contributed by atoms with Gasteiger partial charge >= 0.3 is 0 Å². The maximum absolute atomic E-state index is 13.8. The number of thioether (sulfide) groups is 1. The number of para-hydroxylation sites is 1. The predicted molar refractivity (Wildman–Crippen MR) is 169 cm³/mol. The highest BCUT2D eigenvalue weighted by Crippen LogP contribution is 2.45. The van der Waals surface area contributed by atoms with Crippen LogP contribution in [-0.4, -0.2) is 35.2 Å². The standard InChI is InChI=1S/C34H39N3O2S/c1-7-17-37-30-18-23(2)26(19-29(30)24(3)21-34(37,4)5)20-31-32(38)36(22-25-13-15-28(39-6)16-14-25)33(40-31)35-27-11-9-8-10-12-27/h8-16,18-20,24H,7,17,21-22H2,1-6H3/b31-20+,35-33?. The first kappa shape index (κ1) is 28.0.